The first-order chi connectivity index (χ1) is 15.0. The van der Waals surface area contributed by atoms with Crippen molar-refractivity contribution in [2.24, 2.45) is 0 Å². The van der Waals surface area contributed by atoms with Gasteiger partial charge in [0.25, 0.3) is 5.91 Å². The zero-order chi connectivity index (χ0) is 23.8. The predicted molar refractivity (Wildman–Crippen MR) is 117 cm³/mol. The van der Waals surface area contributed by atoms with Crippen molar-refractivity contribution in [2.75, 3.05) is 9.80 Å². The fraction of sp³-hybridized carbons (Fsp3) is 0.304. The summed E-state index contributed by atoms with van der Waals surface area (Å²) < 4.78 is 19.9. The topological polar surface area (TPSA) is 90.7 Å². The number of hydrogen-bond acceptors (Lipinski definition) is 5. The lowest BCUT2D eigenvalue weighted by atomic mass is 10.0. The summed E-state index contributed by atoms with van der Waals surface area (Å²) >= 11 is 6.06. The molecule has 7 nitrogen and oxygen atoms in total. The van der Waals surface area contributed by atoms with E-state index in [1.807, 2.05) is 13.0 Å². The lowest BCUT2D eigenvalue weighted by Crippen LogP contribution is -2.44. The van der Waals surface area contributed by atoms with Gasteiger partial charge in [-0.1, -0.05) is 18.5 Å². The normalized spacial score (nSPS) is 16.2. The largest absolute Gasteiger partial charge is 0.459 e. The first-order valence-corrected chi connectivity index (χ1v) is 10.3. The van der Waals surface area contributed by atoms with Crippen LogP contribution in [0.2, 0.25) is 5.02 Å². The summed E-state index contributed by atoms with van der Waals surface area (Å²) in [7, 11) is 0. The number of hydrogen-bond donors (Lipinski definition) is 0. The molecule has 1 saturated heterocycles. The van der Waals surface area contributed by atoms with Gasteiger partial charge in [0.15, 0.2) is 0 Å². The molecule has 1 fully saturated rings. The molecule has 1 atom stereocenters. The molecular formula is C23H21ClFN3O4. The second-order valence-corrected chi connectivity index (χ2v) is 8.29. The number of ether oxygens (including phenoxy) is 1. The second-order valence-electron chi connectivity index (χ2n) is 7.88. The van der Waals surface area contributed by atoms with Crippen LogP contribution in [0.5, 0.6) is 0 Å². The zero-order valence-corrected chi connectivity index (χ0v) is 18.7. The van der Waals surface area contributed by atoms with Crippen LogP contribution in [0.3, 0.4) is 0 Å². The van der Waals surface area contributed by atoms with Crippen molar-refractivity contribution in [3.05, 3.63) is 58.4 Å². The summed E-state index contributed by atoms with van der Waals surface area (Å²) in [5.74, 6) is -2.23. The van der Waals surface area contributed by atoms with Crippen LogP contribution in [0.4, 0.5) is 20.6 Å². The number of nitrogens with zero attached hydrogens (tertiary/aromatic N) is 3. The van der Waals surface area contributed by atoms with Gasteiger partial charge >= 0.3 is 12.0 Å². The van der Waals surface area contributed by atoms with Crippen LogP contribution >= 0.6 is 11.6 Å². The van der Waals surface area contributed by atoms with E-state index in [0.717, 1.165) is 15.9 Å². The number of carbonyl (C=O) groups excluding carboxylic acids is 3. The van der Waals surface area contributed by atoms with E-state index in [-0.39, 0.29) is 33.6 Å². The van der Waals surface area contributed by atoms with Crippen LogP contribution in [0.25, 0.3) is 0 Å². The minimum Gasteiger partial charge on any atom is -0.459 e. The molecule has 2 aromatic rings. The van der Waals surface area contributed by atoms with E-state index in [4.69, 9.17) is 21.6 Å². The van der Waals surface area contributed by atoms with Crippen molar-refractivity contribution in [2.45, 2.75) is 45.8 Å². The van der Waals surface area contributed by atoms with Gasteiger partial charge in [0.05, 0.1) is 27.9 Å². The quantitative estimate of drug-likeness (QED) is 0.462. The Morgan fingerprint density at radius 2 is 1.88 bits per heavy atom. The van der Waals surface area contributed by atoms with Gasteiger partial charge in [-0.2, -0.15) is 5.26 Å². The monoisotopic (exact) mass is 457 g/mol. The third-order valence-corrected chi connectivity index (χ3v) is 5.63. The number of benzene rings is 2. The van der Waals surface area contributed by atoms with Crippen LogP contribution in [0.1, 0.15) is 50.0 Å². The highest BCUT2D eigenvalue weighted by atomic mass is 35.5. The van der Waals surface area contributed by atoms with Gasteiger partial charge < -0.3 is 4.74 Å². The molecule has 0 unspecified atom stereocenters. The van der Waals surface area contributed by atoms with Gasteiger partial charge in [-0.25, -0.2) is 18.9 Å². The smallest absolute Gasteiger partial charge is 0.341 e. The molecule has 0 aromatic heterocycles. The van der Waals surface area contributed by atoms with Crippen molar-refractivity contribution >= 4 is 40.9 Å². The van der Waals surface area contributed by atoms with Crippen LogP contribution < -0.4 is 9.80 Å². The van der Waals surface area contributed by atoms with Crippen molar-refractivity contribution in [3.8, 4) is 6.07 Å². The molecule has 0 radical (unpaired) electrons. The Morgan fingerprint density at radius 3 is 2.44 bits per heavy atom. The van der Waals surface area contributed by atoms with Crippen molar-refractivity contribution in [1.29, 1.82) is 5.26 Å². The summed E-state index contributed by atoms with van der Waals surface area (Å²) in [4.78, 5) is 40.6. The average molecular weight is 458 g/mol. The minimum atomic E-state index is -1.34. The maximum Gasteiger partial charge on any atom is 0.341 e. The predicted octanol–water partition coefficient (Wildman–Crippen LogP) is 5.06. The van der Waals surface area contributed by atoms with Gasteiger partial charge in [-0.3, -0.25) is 9.69 Å². The summed E-state index contributed by atoms with van der Waals surface area (Å²) in [5.41, 5.74) is -1.11. The van der Waals surface area contributed by atoms with Gasteiger partial charge in [-0.05, 0) is 63.6 Å². The average Bonchev–Trinajstić information content (AvgIpc) is 2.91. The SMILES string of the molecule is CC[C@H](C)OC(=O)c1ccc(N2C(=O)N(c3ccc(C#N)c(Cl)c3)C(=O)C2(C)C)cc1F. The lowest BCUT2D eigenvalue weighted by Gasteiger charge is -2.28. The minimum absolute atomic E-state index is 0.0945. The maximum atomic E-state index is 14.8. The molecule has 166 valence electrons. The number of urea groups is 1. The Hall–Kier alpha value is -3.44. The van der Waals surface area contributed by atoms with E-state index in [9.17, 15) is 18.8 Å². The molecule has 0 N–H and O–H groups in total. The Morgan fingerprint density at radius 1 is 1.22 bits per heavy atom. The molecule has 2 aromatic carbocycles. The van der Waals surface area contributed by atoms with Gasteiger partial charge in [0.1, 0.15) is 17.4 Å². The van der Waals surface area contributed by atoms with Gasteiger partial charge in [0, 0.05) is 5.69 Å². The molecule has 3 amide bonds. The molecule has 0 bridgehead atoms. The van der Waals surface area contributed by atoms with E-state index < -0.39 is 29.3 Å². The Balaban J connectivity index is 1.98. The third-order valence-electron chi connectivity index (χ3n) is 5.31. The molecule has 3 rings (SSSR count). The number of nitriles is 1. The lowest BCUT2D eigenvalue weighted by molar-refractivity contribution is -0.120. The van der Waals surface area contributed by atoms with E-state index in [2.05, 4.69) is 0 Å². The Labute approximate surface area is 189 Å². The first kappa shape index (κ1) is 23.2. The van der Waals surface area contributed by atoms with Crippen LogP contribution in [-0.2, 0) is 9.53 Å². The van der Waals surface area contributed by atoms with E-state index in [1.165, 1.54) is 44.2 Å². The molecule has 1 aliphatic rings. The molecule has 1 heterocycles. The highest BCUT2D eigenvalue weighted by Crippen LogP contribution is 2.37. The van der Waals surface area contributed by atoms with E-state index >= 15 is 0 Å². The van der Waals surface area contributed by atoms with E-state index in [1.54, 1.807) is 6.92 Å². The number of imide groups is 1. The summed E-state index contributed by atoms with van der Waals surface area (Å²) in [6.45, 7) is 6.59. The fourth-order valence-electron chi connectivity index (χ4n) is 3.33. The van der Waals surface area contributed by atoms with E-state index in [0.29, 0.717) is 6.42 Å². The van der Waals surface area contributed by atoms with Crippen molar-refractivity contribution in [1.82, 2.24) is 0 Å². The summed E-state index contributed by atoms with van der Waals surface area (Å²) in [5, 5.41) is 9.14. The number of rotatable bonds is 5. The Kier molecular flexibility index (Phi) is 6.24. The maximum absolute atomic E-state index is 14.8. The van der Waals surface area contributed by atoms with Crippen LogP contribution in [0, 0.1) is 17.1 Å². The number of halogens is 2. The zero-order valence-electron chi connectivity index (χ0n) is 18.0. The fourth-order valence-corrected chi connectivity index (χ4v) is 3.55. The van der Waals surface area contributed by atoms with Crippen molar-refractivity contribution < 1.29 is 23.5 Å². The summed E-state index contributed by atoms with van der Waals surface area (Å²) in [6, 6.07) is 9.03. The molecule has 1 aliphatic heterocycles. The first-order valence-electron chi connectivity index (χ1n) is 9.91. The summed E-state index contributed by atoms with van der Waals surface area (Å²) in [6.07, 6.45) is 0.213. The van der Waals surface area contributed by atoms with Gasteiger partial charge in [-0.15, -0.1) is 0 Å². The number of anilines is 2. The molecule has 0 saturated carbocycles. The van der Waals surface area contributed by atoms with Gasteiger partial charge in [0.2, 0.25) is 0 Å². The Bertz CT molecular complexity index is 1160. The molecule has 0 aliphatic carbocycles. The molecule has 32 heavy (non-hydrogen) atoms. The number of esters is 1. The van der Waals surface area contributed by atoms with Crippen molar-refractivity contribution in [3.63, 3.8) is 0 Å². The third kappa shape index (κ3) is 3.92. The van der Waals surface area contributed by atoms with Crippen LogP contribution in [-0.4, -0.2) is 29.6 Å². The molecule has 9 heteroatoms. The number of carbonyl (C=O) groups is 3. The standard InChI is InChI=1S/C23H21ClFN3O4/c1-5-13(2)32-20(29)17-9-8-16(11-19(17)25)28-22(31)27(21(30)23(28,3)4)15-7-6-14(12-26)18(24)10-15/h6-11,13H,5H2,1-4H3/t13-/m0/s1. The second kappa shape index (κ2) is 8.60. The highest BCUT2D eigenvalue weighted by molar-refractivity contribution is 6.33. The van der Waals surface area contributed by atoms with Crippen LogP contribution in [0.15, 0.2) is 36.4 Å². The number of amides is 3. The molecule has 0 spiro atoms. The molecular weight excluding hydrogens is 437 g/mol. The highest BCUT2D eigenvalue weighted by Gasteiger charge is 2.52.